The molecule has 0 atom stereocenters. The predicted molar refractivity (Wildman–Crippen MR) is 46.4 cm³/mol. The molecule has 0 fully saturated rings. The minimum atomic E-state index is -0.610. The largest absolute Gasteiger partial charge is 0.281 e. The molecule has 0 saturated heterocycles. The second kappa shape index (κ2) is 3.72. The molecule has 0 unspecified atom stereocenters. The van der Waals surface area contributed by atoms with E-state index < -0.39 is 11.7 Å². The van der Waals surface area contributed by atoms with Gasteiger partial charge in [-0.25, -0.2) is 4.39 Å². The van der Waals surface area contributed by atoms with E-state index in [0.29, 0.717) is 5.06 Å². The Morgan fingerprint density at radius 1 is 1.54 bits per heavy atom. The van der Waals surface area contributed by atoms with E-state index in [0.717, 1.165) is 19.1 Å². The standard InChI is InChI=1S/C8H7ClFNO2/c1-5(12)11(13)8-3-6(9)2-7(10)4-8/h2-4,13H,1H3. The summed E-state index contributed by atoms with van der Waals surface area (Å²) in [6.07, 6.45) is 0. The van der Waals surface area contributed by atoms with Crippen molar-refractivity contribution in [3.8, 4) is 0 Å². The summed E-state index contributed by atoms with van der Waals surface area (Å²) >= 11 is 5.51. The molecule has 1 amide bonds. The number of halogens is 2. The maximum absolute atomic E-state index is 12.7. The van der Waals surface area contributed by atoms with E-state index in [1.165, 1.54) is 6.07 Å². The number of nitrogens with zero attached hydrogens (tertiary/aromatic N) is 1. The summed E-state index contributed by atoms with van der Waals surface area (Å²) in [4.78, 5) is 10.7. The number of amides is 1. The van der Waals surface area contributed by atoms with Crippen molar-refractivity contribution in [2.75, 3.05) is 5.06 Å². The molecule has 0 bridgehead atoms. The first-order chi connectivity index (χ1) is 6.00. The average molecular weight is 204 g/mol. The summed E-state index contributed by atoms with van der Waals surface area (Å²) in [5, 5.41) is 9.55. The monoisotopic (exact) mass is 203 g/mol. The first kappa shape index (κ1) is 9.95. The summed E-state index contributed by atoms with van der Waals surface area (Å²) in [5.74, 6) is -1.22. The smallest absolute Gasteiger partial charge is 0.247 e. The van der Waals surface area contributed by atoms with Crippen molar-refractivity contribution in [2.24, 2.45) is 0 Å². The molecule has 1 rings (SSSR count). The zero-order chi connectivity index (χ0) is 10.0. The van der Waals surface area contributed by atoms with Gasteiger partial charge in [0, 0.05) is 18.0 Å². The maximum atomic E-state index is 12.7. The van der Waals surface area contributed by atoms with Crippen LogP contribution in [0.3, 0.4) is 0 Å². The molecule has 0 spiro atoms. The van der Waals surface area contributed by atoms with Crippen molar-refractivity contribution < 1.29 is 14.4 Å². The molecular weight excluding hydrogens is 197 g/mol. The highest BCUT2D eigenvalue weighted by Gasteiger charge is 2.09. The number of rotatable bonds is 1. The van der Waals surface area contributed by atoms with Gasteiger partial charge < -0.3 is 0 Å². The summed E-state index contributed by atoms with van der Waals surface area (Å²) < 4.78 is 12.7. The zero-order valence-electron chi connectivity index (χ0n) is 6.79. The topological polar surface area (TPSA) is 40.5 Å². The van der Waals surface area contributed by atoms with Crippen LogP contribution in [0.5, 0.6) is 0 Å². The fourth-order valence-corrected chi connectivity index (χ4v) is 1.06. The van der Waals surface area contributed by atoms with E-state index >= 15 is 0 Å². The third-order valence-electron chi connectivity index (χ3n) is 1.39. The highest BCUT2D eigenvalue weighted by Crippen LogP contribution is 2.20. The van der Waals surface area contributed by atoms with Crippen LogP contribution in [0.1, 0.15) is 6.92 Å². The number of hydrogen-bond acceptors (Lipinski definition) is 2. The van der Waals surface area contributed by atoms with Crippen molar-refractivity contribution in [2.45, 2.75) is 6.92 Å². The van der Waals surface area contributed by atoms with Gasteiger partial charge in [-0.15, -0.1) is 0 Å². The second-order valence-electron chi connectivity index (χ2n) is 2.46. The van der Waals surface area contributed by atoms with Gasteiger partial charge in [0.15, 0.2) is 0 Å². The Bertz CT molecular complexity index is 323. The molecule has 0 aliphatic heterocycles. The van der Waals surface area contributed by atoms with Crippen LogP contribution < -0.4 is 5.06 Å². The van der Waals surface area contributed by atoms with Crippen molar-refractivity contribution in [3.63, 3.8) is 0 Å². The molecule has 0 aliphatic carbocycles. The first-order valence-electron chi connectivity index (χ1n) is 3.46. The highest BCUT2D eigenvalue weighted by atomic mass is 35.5. The zero-order valence-corrected chi connectivity index (χ0v) is 7.55. The van der Waals surface area contributed by atoms with Gasteiger partial charge in [0.05, 0.1) is 5.69 Å². The molecule has 3 nitrogen and oxygen atoms in total. The molecule has 0 heterocycles. The van der Waals surface area contributed by atoms with Gasteiger partial charge >= 0.3 is 0 Å². The normalized spacial score (nSPS) is 9.85. The van der Waals surface area contributed by atoms with E-state index in [4.69, 9.17) is 16.8 Å². The number of anilines is 1. The van der Waals surface area contributed by atoms with Gasteiger partial charge in [-0.2, -0.15) is 5.06 Å². The minimum absolute atomic E-state index is 0.0116. The van der Waals surface area contributed by atoms with E-state index in [9.17, 15) is 9.18 Å². The fourth-order valence-electron chi connectivity index (χ4n) is 0.843. The van der Waals surface area contributed by atoms with Crippen molar-refractivity contribution >= 4 is 23.2 Å². The van der Waals surface area contributed by atoms with Crippen LogP contribution in [0, 0.1) is 5.82 Å². The summed E-state index contributed by atoms with van der Waals surface area (Å²) in [5.41, 5.74) is 0.0116. The van der Waals surface area contributed by atoms with Gasteiger partial charge in [0.25, 0.3) is 0 Å². The van der Waals surface area contributed by atoms with Gasteiger partial charge in [-0.3, -0.25) is 10.0 Å². The number of hydrogen-bond donors (Lipinski definition) is 1. The van der Waals surface area contributed by atoms with Gasteiger partial charge in [0.1, 0.15) is 5.82 Å². The van der Waals surface area contributed by atoms with E-state index in [1.54, 1.807) is 0 Å². The molecule has 0 aliphatic rings. The molecule has 1 aromatic carbocycles. The molecule has 0 radical (unpaired) electrons. The Hall–Kier alpha value is -1.13. The molecule has 5 heteroatoms. The Balaban J connectivity index is 3.07. The first-order valence-corrected chi connectivity index (χ1v) is 3.84. The Labute approximate surface area is 79.3 Å². The van der Waals surface area contributed by atoms with Crippen LogP contribution >= 0.6 is 11.6 Å². The summed E-state index contributed by atoms with van der Waals surface area (Å²) in [6, 6.07) is 3.37. The number of benzene rings is 1. The van der Waals surface area contributed by atoms with Gasteiger partial charge in [0.2, 0.25) is 5.91 Å². The van der Waals surface area contributed by atoms with Crippen molar-refractivity contribution in [3.05, 3.63) is 29.0 Å². The Morgan fingerprint density at radius 2 is 2.15 bits per heavy atom. The van der Waals surface area contributed by atoms with Crippen LogP contribution in [0.15, 0.2) is 18.2 Å². The third-order valence-corrected chi connectivity index (χ3v) is 1.61. The quantitative estimate of drug-likeness (QED) is 0.562. The van der Waals surface area contributed by atoms with Crippen LogP contribution in [0.2, 0.25) is 5.02 Å². The third kappa shape index (κ3) is 2.40. The lowest BCUT2D eigenvalue weighted by Gasteiger charge is -2.12. The van der Waals surface area contributed by atoms with Crippen LogP contribution in [0.4, 0.5) is 10.1 Å². The summed E-state index contributed by atoms with van der Waals surface area (Å²) in [6.45, 7) is 1.15. The lowest BCUT2D eigenvalue weighted by Crippen LogP contribution is -2.23. The molecular formula is C8H7ClFNO2. The highest BCUT2D eigenvalue weighted by molar-refractivity contribution is 6.30. The molecule has 70 valence electrons. The maximum Gasteiger partial charge on any atom is 0.247 e. The van der Waals surface area contributed by atoms with Crippen LogP contribution in [-0.4, -0.2) is 11.1 Å². The van der Waals surface area contributed by atoms with Crippen molar-refractivity contribution in [1.29, 1.82) is 0 Å². The predicted octanol–water partition coefficient (Wildman–Crippen LogP) is 2.22. The number of carbonyl (C=O) groups is 1. The second-order valence-corrected chi connectivity index (χ2v) is 2.89. The lowest BCUT2D eigenvalue weighted by molar-refractivity contribution is -0.121. The van der Waals surface area contributed by atoms with E-state index in [1.807, 2.05) is 0 Å². The van der Waals surface area contributed by atoms with Crippen LogP contribution in [-0.2, 0) is 4.79 Å². The van der Waals surface area contributed by atoms with E-state index in [-0.39, 0.29) is 10.7 Å². The SMILES string of the molecule is CC(=O)N(O)c1cc(F)cc(Cl)c1. The van der Waals surface area contributed by atoms with E-state index in [2.05, 4.69) is 0 Å². The number of carbonyl (C=O) groups excluding carboxylic acids is 1. The molecule has 0 saturated carbocycles. The van der Waals surface area contributed by atoms with Crippen LogP contribution in [0.25, 0.3) is 0 Å². The van der Waals surface area contributed by atoms with Crippen molar-refractivity contribution in [1.82, 2.24) is 0 Å². The minimum Gasteiger partial charge on any atom is -0.281 e. The molecule has 13 heavy (non-hydrogen) atoms. The van der Waals surface area contributed by atoms with Gasteiger partial charge in [-0.05, 0) is 12.1 Å². The summed E-state index contributed by atoms with van der Waals surface area (Å²) in [7, 11) is 0. The van der Waals surface area contributed by atoms with Gasteiger partial charge in [-0.1, -0.05) is 11.6 Å². The fraction of sp³-hybridized carbons (Fsp3) is 0.125. The Kier molecular flexibility index (Phi) is 2.85. The number of hydroxylamine groups is 1. The molecule has 1 aromatic rings. The molecule has 0 aromatic heterocycles. The molecule has 1 N–H and O–H groups in total. The Morgan fingerprint density at radius 3 is 2.62 bits per heavy atom. The lowest BCUT2D eigenvalue weighted by atomic mass is 10.3. The average Bonchev–Trinajstić information content (AvgIpc) is 2.01.